The monoisotopic (exact) mass is 482 g/mol. The number of hydrogen-bond donors (Lipinski definition) is 0. The van der Waals surface area contributed by atoms with Crippen LogP contribution in [0.4, 0.5) is 0 Å². The number of aromatic nitrogens is 3. The molecule has 0 aliphatic carbocycles. The number of nitrogens with zero attached hydrogens (tertiary/aromatic N) is 4. The van der Waals surface area contributed by atoms with E-state index in [1.165, 1.54) is 11.8 Å². The summed E-state index contributed by atoms with van der Waals surface area (Å²) >= 11 is 7.46. The lowest BCUT2D eigenvalue weighted by Gasteiger charge is -2.19. The third kappa shape index (κ3) is 5.58. The van der Waals surface area contributed by atoms with Gasteiger partial charge in [-0.1, -0.05) is 53.7 Å². The Balaban J connectivity index is 1.48. The van der Waals surface area contributed by atoms with E-state index in [-0.39, 0.29) is 11.7 Å². The molecule has 9 heteroatoms. The van der Waals surface area contributed by atoms with Crippen molar-refractivity contribution in [3.8, 4) is 17.3 Å². The molecule has 0 aliphatic heterocycles. The fraction of sp³-hybridized carbons (Fsp3) is 0.208. The van der Waals surface area contributed by atoms with Crippen LogP contribution in [-0.2, 0) is 17.9 Å². The lowest BCUT2D eigenvalue weighted by molar-refractivity contribution is -0.127. The first-order chi connectivity index (χ1) is 16.0. The second-order valence-electron chi connectivity index (χ2n) is 7.35. The van der Waals surface area contributed by atoms with Crippen LogP contribution < -0.4 is 4.74 Å². The third-order valence-electron chi connectivity index (χ3n) is 5.04. The molecule has 4 aromatic rings. The second-order valence-corrected chi connectivity index (χ2v) is 8.73. The van der Waals surface area contributed by atoms with E-state index in [4.69, 9.17) is 20.8 Å². The number of carbonyl (C=O) groups is 1. The number of thioether (sulfide) groups is 1. The molecule has 4 rings (SSSR count). The van der Waals surface area contributed by atoms with Crippen LogP contribution in [-0.4, -0.2) is 45.5 Å². The fourth-order valence-corrected chi connectivity index (χ4v) is 4.42. The summed E-state index contributed by atoms with van der Waals surface area (Å²) in [6.07, 6.45) is 1.60. The first-order valence-electron chi connectivity index (χ1n) is 10.3. The van der Waals surface area contributed by atoms with Gasteiger partial charge in [0, 0.05) is 24.2 Å². The van der Waals surface area contributed by atoms with Crippen molar-refractivity contribution in [3.63, 3.8) is 0 Å². The molecule has 7 nitrogen and oxygen atoms in total. The largest absolute Gasteiger partial charge is 0.496 e. The minimum Gasteiger partial charge on any atom is -0.496 e. The normalized spacial score (nSPS) is 10.9. The third-order valence-corrected chi connectivity index (χ3v) is 6.23. The van der Waals surface area contributed by atoms with Crippen LogP contribution in [0.25, 0.3) is 11.6 Å². The van der Waals surface area contributed by atoms with E-state index in [1.807, 2.05) is 53.1 Å². The van der Waals surface area contributed by atoms with E-state index >= 15 is 0 Å². The molecule has 0 radical (unpaired) electrons. The Morgan fingerprint density at radius 1 is 1.15 bits per heavy atom. The van der Waals surface area contributed by atoms with Crippen molar-refractivity contribution in [2.75, 3.05) is 19.9 Å². The molecule has 33 heavy (non-hydrogen) atoms. The van der Waals surface area contributed by atoms with Crippen molar-refractivity contribution in [3.05, 3.63) is 83.1 Å². The van der Waals surface area contributed by atoms with Crippen LogP contribution in [0.1, 0.15) is 11.1 Å². The molecule has 0 spiro atoms. The second kappa shape index (κ2) is 10.6. The number of methoxy groups -OCH3 is 1. The highest BCUT2D eigenvalue weighted by Crippen LogP contribution is 2.27. The lowest BCUT2D eigenvalue weighted by atomic mass is 10.2. The van der Waals surface area contributed by atoms with Crippen LogP contribution in [0.3, 0.4) is 0 Å². The summed E-state index contributed by atoms with van der Waals surface area (Å²) in [6, 6.07) is 19.1. The first kappa shape index (κ1) is 22.9. The van der Waals surface area contributed by atoms with Crippen LogP contribution in [0.15, 0.2) is 76.5 Å². The quantitative estimate of drug-likeness (QED) is 0.312. The van der Waals surface area contributed by atoms with Gasteiger partial charge >= 0.3 is 0 Å². The average molecular weight is 483 g/mol. The number of amides is 1. The molecule has 0 atom stereocenters. The molecule has 0 saturated heterocycles. The molecule has 170 valence electrons. The van der Waals surface area contributed by atoms with E-state index < -0.39 is 0 Å². The molecular weight excluding hydrogens is 460 g/mol. The summed E-state index contributed by atoms with van der Waals surface area (Å²) in [6.45, 7) is 0.952. The molecule has 0 bridgehead atoms. The van der Waals surface area contributed by atoms with E-state index in [9.17, 15) is 4.79 Å². The highest BCUT2D eigenvalue weighted by Gasteiger charge is 2.19. The Hall–Kier alpha value is -3.23. The van der Waals surface area contributed by atoms with Crippen LogP contribution in [0.5, 0.6) is 5.75 Å². The molecular formula is C24H23ClN4O3S. The fourth-order valence-electron chi connectivity index (χ4n) is 3.34. The van der Waals surface area contributed by atoms with Gasteiger partial charge in [0.25, 0.3) is 0 Å². The van der Waals surface area contributed by atoms with E-state index in [1.54, 1.807) is 37.5 Å². The van der Waals surface area contributed by atoms with Crippen molar-refractivity contribution in [2.24, 2.45) is 0 Å². The zero-order valence-electron chi connectivity index (χ0n) is 18.3. The van der Waals surface area contributed by atoms with Gasteiger partial charge in [0.05, 0.1) is 25.7 Å². The molecule has 2 aromatic heterocycles. The van der Waals surface area contributed by atoms with E-state index in [0.29, 0.717) is 40.6 Å². The molecule has 2 aromatic carbocycles. The number of hydrogen-bond acceptors (Lipinski definition) is 6. The smallest absolute Gasteiger partial charge is 0.233 e. The van der Waals surface area contributed by atoms with E-state index in [0.717, 1.165) is 11.1 Å². The molecule has 0 N–H and O–H groups in total. The van der Waals surface area contributed by atoms with Gasteiger partial charge in [-0.3, -0.25) is 9.36 Å². The van der Waals surface area contributed by atoms with Crippen molar-refractivity contribution < 1.29 is 13.9 Å². The molecule has 0 fully saturated rings. The highest BCUT2D eigenvalue weighted by molar-refractivity contribution is 7.99. The molecule has 0 aliphatic rings. The maximum atomic E-state index is 12.9. The number of carbonyl (C=O) groups excluding carboxylic acids is 1. The van der Waals surface area contributed by atoms with Gasteiger partial charge in [-0.05, 0) is 35.9 Å². The summed E-state index contributed by atoms with van der Waals surface area (Å²) in [5, 5.41) is 9.89. The standard InChI is InChI=1S/C24H23ClN4O3S/c1-28(15-18-13-19(25)10-11-20(18)31-2)22(30)16-33-24-27-26-23(21-9-6-12-32-21)29(24)14-17-7-4-3-5-8-17/h3-13H,14-16H2,1-2H3. The Bertz CT molecular complexity index is 1210. The number of rotatable bonds is 9. The Labute approximate surface area is 201 Å². The van der Waals surface area contributed by atoms with Gasteiger partial charge in [-0.2, -0.15) is 0 Å². The average Bonchev–Trinajstić information content (AvgIpc) is 3.48. The SMILES string of the molecule is COc1ccc(Cl)cc1CN(C)C(=O)CSc1nnc(-c2ccco2)n1Cc1ccccc1. The Morgan fingerprint density at radius 2 is 1.97 bits per heavy atom. The molecule has 1 amide bonds. The minimum absolute atomic E-state index is 0.0455. The minimum atomic E-state index is -0.0455. The molecule has 0 saturated carbocycles. The molecule has 0 unspecified atom stereocenters. The number of ether oxygens (including phenoxy) is 1. The van der Waals surface area contributed by atoms with Gasteiger partial charge in [0.1, 0.15) is 5.75 Å². The van der Waals surface area contributed by atoms with Crippen molar-refractivity contribution in [1.82, 2.24) is 19.7 Å². The van der Waals surface area contributed by atoms with Crippen molar-refractivity contribution >= 4 is 29.3 Å². The lowest BCUT2D eigenvalue weighted by Crippen LogP contribution is -2.28. The predicted octanol–water partition coefficient (Wildman–Crippen LogP) is 5.00. The van der Waals surface area contributed by atoms with Crippen molar-refractivity contribution in [1.29, 1.82) is 0 Å². The highest BCUT2D eigenvalue weighted by atomic mass is 35.5. The topological polar surface area (TPSA) is 73.4 Å². The van der Waals surface area contributed by atoms with Gasteiger partial charge in [-0.15, -0.1) is 10.2 Å². The van der Waals surface area contributed by atoms with Crippen LogP contribution in [0, 0.1) is 0 Å². The Morgan fingerprint density at radius 3 is 2.70 bits per heavy atom. The maximum Gasteiger partial charge on any atom is 0.233 e. The van der Waals surface area contributed by atoms with Gasteiger partial charge in [-0.25, -0.2) is 0 Å². The maximum absolute atomic E-state index is 12.9. The summed E-state index contributed by atoms with van der Waals surface area (Å²) in [5.74, 6) is 2.11. The summed E-state index contributed by atoms with van der Waals surface area (Å²) in [7, 11) is 3.35. The summed E-state index contributed by atoms with van der Waals surface area (Å²) < 4.78 is 12.9. The zero-order valence-corrected chi connectivity index (χ0v) is 19.8. The number of benzene rings is 2. The van der Waals surface area contributed by atoms with Gasteiger partial charge < -0.3 is 14.1 Å². The Kier molecular flexibility index (Phi) is 7.36. The van der Waals surface area contributed by atoms with Gasteiger partial charge in [0.2, 0.25) is 11.7 Å². The summed E-state index contributed by atoms with van der Waals surface area (Å²) in [4.78, 5) is 14.5. The van der Waals surface area contributed by atoms with Crippen molar-refractivity contribution in [2.45, 2.75) is 18.2 Å². The zero-order chi connectivity index (χ0) is 23.2. The number of furan rings is 1. The van der Waals surface area contributed by atoms with E-state index in [2.05, 4.69) is 10.2 Å². The van der Waals surface area contributed by atoms with Gasteiger partial charge in [0.15, 0.2) is 10.9 Å². The molecule has 2 heterocycles. The van der Waals surface area contributed by atoms with Crippen LogP contribution in [0.2, 0.25) is 5.02 Å². The predicted molar refractivity (Wildman–Crippen MR) is 128 cm³/mol. The summed E-state index contributed by atoms with van der Waals surface area (Å²) in [5.41, 5.74) is 1.95. The number of halogens is 1. The first-order valence-corrected chi connectivity index (χ1v) is 11.6. The van der Waals surface area contributed by atoms with Crippen LogP contribution >= 0.6 is 23.4 Å².